The van der Waals surface area contributed by atoms with Gasteiger partial charge in [0.25, 0.3) is 0 Å². The van der Waals surface area contributed by atoms with Crippen LogP contribution in [-0.4, -0.2) is 17.6 Å². The normalized spacial score (nSPS) is 14.5. The highest BCUT2D eigenvalue weighted by atomic mass is 16.5. The Hall–Kier alpha value is -1.09. The Labute approximate surface area is 98.0 Å². The van der Waals surface area contributed by atoms with Crippen molar-refractivity contribution in [2.45, 2.75) is 39.7 Å². The fourth-order valence-corrected chi connectivity index (χ4v) is 1.30. The van der Waals surface area contributed by atoms with Crippen molar-refractivity contribution in [1.29, 1.82) is 0 Å². The maximum Gasteiger partial charge on any atom is 0.137 e. The highest BCUT2D eigenvalue weighted by molar-refractivity contribution is 5.20. The highest BCUT2D eigenvalue weighted by Crippen LogP contribution is 2.12. The predicted octanol–water partition coefficient (Wildman–Crippen LogP) is 2.40. The van der Waals surface area contributed by atoms with Crippen LogP contribution in [0.2, 0.25) is 0 Å². The van der Waals surface area contributed by atoms with E-state index in [2.05, 4.69) is 18.8 Å². The van der Waals surface area contributed by atoms with Crippen LogP contribution in [0.5, 0.6) is 5.75 Å². The summed E-state index contributed by atoms with van der Waals surface area (Å²) in [6, 6.07) is 4.10. The Kier molecular flexibility index (Phi) is 5.26. The first-order valence-corrected chi connectivity index (χ1v) is 5.95. The molecule has 0 bridgehead atoms. The van der Waals surface area contributed by atoms with Gasteiger partial charge in [-0.2, -0.15) is 0 Å². The largest absolute Gasteiger partial charge is 0.492 e. The number of pyridine rings is 1. The lowest BCUT2D eigenvalue weighted by atomic mass is 10.1. The Balaban J connectivity index is 2.45. The average Bonchev–Trinajstić information content (AvgIpc) is 2.27. The summed E-state index contributed by atoms with van der Waals surface area (Å²) >= 11 is 0. The van der Waals surface area contributed by atoms with E-state index in [-0.39, 0.29) is 6.04 Å². The lowest BCUT2D eigenvalue weighted by Gasteiger charge is -2.11. The minimum atomic E-state index is 0.152. The summed E-state index contributed by atoms with van der Waals surface area (Å²) in [5.74, 6) is 1.43. The van der Waals surface area contributed by atoms with Crippen LogP contribution in [0.3, 0.4) is 0 Å². The number of nitrogens with zero attached hydrogens (tertiary/aromatic N) is 1. The number of aromatic nitrogens is 1. The van der Waals surface area contributed by atoms with Crippen LogP contribution < -0.4 is 10.5 Å². The molecule has 1 aromatic rings. The van der Waals surface area contributed by atoms with Crippen molar-refractivity contribution in [2.75, 3.05) is 6.61 Å². The van der Waals surface area contributed by atoms with Crippen molar-refractivity contribution in [2.24, 2.45) is 11.7 Å². The average molecular weight is 222 g/mol. The molecule has 0 fully saturated rings. The summed E-state index contributed by atoms with van der Waals surface area (Å²) in [5.41, 5.74) is 6.73. The van der Waals surface area contributed by atoms with Crippen molar-refractivity contribution in [1.82, 2.24) is 4.98 Å². The Morgan fingerprint density at radius 1 is 1.38 bits per heavy atom. The van der Waals surface area contributed by atoms with E-state index in [1.165, 1.54) is 0 Å². The molecule has 0 aliphatic heterocycles. The molecule has 0 spiro atoms. The summed E-state index contributed by atoms with van der Waals surface area (Å²) in [4.78, 5) is 4.32. The van der Waals surface area contributed by atoms with Gasteiger partial charge in [-0.3, -0.25) is 4.98 Å². The summed E-state index contributed by atoms with van der Waals surface area (Å²) in [6.45, 7) is 7.08. The molecule has 1 rings (SSSR count). The van der Waals surface area contributed by atoms with E-state index in [1.807, 2.05) is 19.1 Å². The van der Waals surface area contributed by atoms with Gasteiger partial charge in [0, 0.05) is 18.2 Å². The molecular weight excluding hydrogens is 200 g/mol. The fourth-order valence-electron chi connectivity index (χ4n) is 1.30. The van der Waals surface area contributed by atoms with E-state index in [9.17, 15) is 0 Å². The Morgan fingerprint density at radius 2 is 2.12 bits per heavy atom. The van der Waals surface area contributed by atoms with Crippen molar-refractivity contribution in [3.63, 3.8) is 0 Å². The van der Waals surface area contributed by atoms with Crippen molar-refractivity contribution >= 4 is 0 Å². The van der Waals surface area contributed by atoms with Crippen molar-refractivity contribution in [3.8, 4) is 5.75 Å². The number of rotatable bonds is 6. The molecule has 0 saturated heterocycles. The SMILES string of the molecule is CCC(C)COc1ccc(CC(C)N)nc1. The van der Waals surface area contributed by atoms with Crippen LogP contribution in [0.4, 0.5) is 0 Å². The molecule has 16 heavy (non-hydrogen) atoms. The molecule has 2 atom stereocenters. The van der Waals surface area contributed by atoms with Gasteiger partial charge in [-0.1, -0.05) is 20.3 Å². The molecule has 3 nitrogen and oxygen atoms in total. The van der Waals surface area contributed by atoms with Gasteiger partial charge >= 0.3 is 0 Å². The number of nitrogens with two attached hydrogens (primary N) is 1. The third kappa shape index (κ3) is 4.62. The van der Waals surface area contributed by atoms with E-state index in [0.717, 1.165) is 30.9 Å². The van der Waals surface area contributed by atoms with Crippen LogP contribution in [0, 0.1) is 5.92 Å². The van der Waals surface area contributed by atoms with Gasteiger partial charge in [0.15, 0.2) is 0 Å². The molecule has 2 N–H and O–H groups in total. The van der Waals surface area contributed by atoms with E-state index in [1.54, 1.807) is 6.20 Å². The third-order valence-corrected chi connectivity index (χ3v) is 2.56. The Bertz CT molecular complexity index is 295. The minimum absolute atomic E-state index is 0.152. The number of hydrogen-bond donors (Lipinski definition) is 1. The standard InChI is InChI=1S/C13H22N2O/c1-4-10(2)9-16-13-6-5-12(15-8-13)7-11(3)14/h5-6,8,10-11H,4,7,9,14H2,1-3H3. The zero-order chi connectivity index (χ0) is 12.0. The molecule has 2 unspecified atom stereocenters. The van der Waals surface area contributed by atoms with Gasteiger partial charge in [0.2, 0.25) is 0 Å². The maximum atomic E-state index is 5.71. The van der Waals surface area contributed by atoms with Crippen LogP contribution in [-0.2, 0) is 6.42 Å². The van der Waals surface area contributed by atoms with E-state index in [4.69, 9.17) is 10.5 Å². The topological polar surface area (TPSA) is 48.1 Å². The monoisotopic (exact) mass is 222 g/mol. The molecular formula is C13H22N2O. The molecule has 0 aliphatic carbocycles. The molecule has 0 aromatic carbocycles. The molecule has 3 heteroatoms. The zero-order valence-electron chi connectivity index (χ0n) is 10.4. The predicted molar refractivity (Wildman–Crippen MR) is 66.5 cm³/mol. The smallest absolute Gasteiger partial charge is 0.137 e. The Morgan fingerprint density at radius 3 is 2.62 bits per heavy atom. The number of hydrogen-bond acceptors (Lipinski definition) is 3. The van der Waals surface area contributed by atoms with Gasteiger partial charge in [-0.15, -0.1) is 0 Å². The first-order valence-electron chi connectivity index (χ1n) is 5.95. The molecule has 90 valence electrons. The fraction of sp³-hybridized carbons (Fsp3) is 0.615. The second kappa shape index (κ2) is 6.48. The van der Waals surface area contributed by atoms with Gasteiger partial charge in [0.05, 0.1) is 12.8 Å². The highest BCUT2D eigenvalue weighted by Gasteiger charge is 2.02. The third-order valence-electron chi connectivity index (χ3n) is 2.56. The lowest BCUT2D eigenvalue weighted by Crippen LogP contribution is -2.18. The zero-order valence-corrected chi connectivity index (χ0v) is 10.4. The molecule has 0 amide bonds. The number of ether oxygens (including phenoxy) is 1. The van der Waals surface area contributed by atoms with Crippen molar-refractivity contribution in [3.05, 3.63) is 24.0 Å². The molecule has 0 aliphatic rings. The summed E-state index contributed by atoms with van der Waals surface area (Å²) in [7, 11) is 0. The quantitative estimate of drug-likeness (QED) is 0.804. The lowest BCUT2D eigenvalue weighted by molar-refractivity contribution is 0.255. The second-order valence-electron chi connectivity index (χ2n) is 4.49. The maximum absolute atomic E-state index is 5.71. The van der Waals surface area contributed by atoms with Gasteiger partial charge in [-0.25, -0.2) is 0 Å². The second-order valence-corrected chi connectivity index (χ2v) is 4.49. The molecule has 1 heterocycles. The van der Waals surface area contributed by atoms with Crippen LogP contribution >= 0.6 is 0 Å². The van der Waals surface area contributed by atoms with Gasteiger partial charge < -0.3 is 10.5 Å². The molecule has 0 radical (unpaired) electrons. The molecule has 0 saturated carbocycles. The van der Waals surface area contributed by atoms with E-state index in [0.29, 0.717) is 5.92 Å². The van der Waals surface area contributed by atoms with Gasteiger partial charge in [0.1, 0.15) is 5.75 Å². The summed E-state index contributed by atoms with van der Waals surface area (Å²) in [6.07, 6.45) is 3.72. The van der Waals surface area contributed by atoms with Crippen LogP contribution in [0.15, 0.2) is 18.3 Å². The van der Waals surface area contributed by atoms with E-state index < -0.39 is 0 Å². The summed E-state index contributed by atoms with van der Waals surface area (Å²) < 4.78 is 5.62. The summed E-state index contributed by atoms with van der Waals surface area (Å²) in [5, 5.41) is 0. The minimum Gasteiger partial charge on any atom is -0.492 e. The molecule has 1 aromatic heterocycles. The first kappa shape index (κ1) is 13.0. The van der Waals surface area contributed by atoms with Gasteiger partial charge in [-0.05, 0) is 25.0 Å². The van der Waals surface area contributed by atoms with Crippen molar-refractivity contribution < 1.29 is 4.74 Å². The van der Waals surface area contributed by atoms with Crippen LogP contribution in [0.25, 0.3) is 0 Å². The first-order chi connectivity index (χ1) is 7.61. The van der Waals surface area contributed by atoms with E-state index >= 15 is 0 Å². The van der Waals surface area contributed by atoms with Crippen LogP contribution in [0.1, 0.15) is 32.9 Å².